The van der Waals surface area contributed by atoms with E-state index in [1.807, 2.05) is 66.1 Å². The van der Waals surface area contributed by atoms with Crippen LogP contribution in [0.15, 0.2) is 53.0 Å². The number of amides is 1. The average molecular weight is 370 g/mol. The fourth-order valence-electron chi connectivity index (χ4n) is 3.40. The van der Waals surface area contributed by atoms with Crippen molar-refractivity contribution in [3.63, 3.8) is 0 Å². The van der Waals surface area contributed by atoms with Gasteiger partial charge in [-0.25, -0.2) is 10.0 Å². The number of nitrogens with zero attached hydrogens (tertiary/aromatic N) is 3. The number of halogens is 1. The van der Waals surface area contributed by atoms with Crippen molar-refractivity contribution in [1.29, 1.82) is 0 Å². The van der Waals surface area contributed by atoms with E-state index in [0.717, 1.165) is 32.3 Å². The van der Waals surface area contributed by atoms with Crippen molar-refractivity contribution < 1.29 is 4.79 Å². The molecule has 0 aliphatic carbocycles. The number of rotatable bonds is 1. The molecule has 3 aromatic rings. The van der Waals surface area contributed by atoms with E-state index < -0.39 is 0 Å². The van der Waals surface area contributed by atoms with Crippen LogP contribution in [0.4, 0.5) is 5.69 Å². The smallest absolute Gasteiger partial charge is 0.289 e. The number of carbonyl (C=O) groups excluding carboxylic acids is 1. The molecule has 0 spiro atoms. The van der Waals surface area contributed by atoms with Gasteiger partial charge in [-0.3, -0.25) is 4.79 Å². The number of hydrogen-bond donors (Lipinski definition) is 0. The van der Waals surface area contributed by atoms with Crippen LogP contribution in [0.3, 0.4) is 0 Å². The molecule has 0 N–H and O–H groups in total. The summed E-state index contributed by atoms with van der Waals surface area (Å²) < 4.78 is 3.03. The zero-order valence-corrected chi connectivity index (χ0v) is 14.5. The highest BCUT2D eigenvalue weighted by atomic mass is 79.9. The van der Waals surface area contributed by atoms with Crippen LogP contribution < -0.4 is 5.01 Å². The number of hydrazine groups is 1. The van der Waals surface area contributed by atoms with Gasteiger partial charge >= 0.3 is 0 Å². The van der Waals surface area contributed by atoms with Gasteiger partial charge in [-0.1, -0.05) is 40.2 Å². The van der Waals surface area contributed by atoms with Crippen molar-refractivity contribution in [2.75, 3.05) is 12.1 Å². The normalized spacial score (nSPS) is 15.3. The molecule has 0 bridgehead atoms. The maximum absolute atomic E-state index is 13.2. The maximum Gasteiger partial charge on any atom is 0.289 e. The summed E-state index contributed by atoms with van der Waals surface area (Å²) in [6.45, 7) is 0.690. The van der Waals surface area contributed by atoms with Gasteiger partial charge in [-0.15, -0.1) is 0 Å². The van der Waals surface area contributed by atoms with Gasteiger partial charge in [-0.05, 0) is 24.3 Å². The molecular formula is C18H16BrN3O. The van der Waals surface area contributed by atoms with E-state index in [-0.39, 0.29) is 5.91 Å². The lowest BCUT2D eigenvalue weighted by molar-refractivity contribution is 0.0878. The summed E-state index contributed by atoms with van der Waals surface area (Å²) in [5, 5.41) is 4.84. The standard InChI is InChI=1S/C18H16BrN3O/c1-20-11-13-16-14(19)9-6-10-15(16)21(2)17(13)18(23)22(20)12-7-4-3-5-8-12/h3-10H,11H2,1-2H3. The third kappa shape index (κ3) is 2.04. The SMILES string of the molecule is CN1Cc2c(n(C)c3cccc(Br)c23)C(=O)N1c1ccccc1. The third-order valence-corrected chi connectivity index (χ3v) is 5.06. The lowest BCUT2D eigenvalue weighted by Crippen LogP contribution is -2.48. The van der Waals surface area contributed by atoms with E-state index in [1.165, 1.54) is 0 Å². The van der Waals surface area contributed by atoms with Gasteiger partial charge in [0.15, 0.2) is 0 Å². The van der Waals surface area contributed by atoms with E-state index in [4.69, 9.17) is 0 Å². The van der Waals surface area contributed by atoms with Crippen molar-refractivity contribution >= 4 is 38.4 Å². The first kappa shape index (κ1) is 14.5. The van der Waals surface area contributed by atoms with E-state index in [2.05, 4.69) is 22.0 Å². The Kier molecular flexibility index (Phi) is 3.28. The number of anilines is 1. The molecule has 0 saturated carbocycles. The Morgan fingerprint density at radius 2 is 1.74 bits per heavy atom. The number of hydrogen-bond acceptors (Lipinski definition) is 2. The number of para-hydroxylation sites is 1. The van der Waals surface area contributed by atoms with Crippen molar-refractivity contribution in [2.24, 2.45) is 7.05 Å². The molecule has 116 valence electrons. The van der Waals surface area contributed by atoms with Crippen molar-refractivity contribution in [2.45, 2.75) is 6.54 Å². The molecule has 2 heterocycles. The van der Waals surface area contributed by atoms with Gasteiger partial charge in [0, 0.05) is 41.6 Å². The number of fused-ring (bicyclic) bond motifs is 3. The first-order chi connectivity index (χ1) is 11.1. The molecule has 1 aromatic heterocycles. The first-order valence-corrected chi connectivity index (χ1v) is 8.25. The van der Waals surface area contributed by atoms with Crippen LogP contribution >= 0.6 is 15.9 Å². The molecule has 0 saturated heterocycles. The second-order valence-corrected chi connectivity index (χ2v) is 6.64. The maximum atomic E-state index is 13.2. The van der Waals surface area contributed by atoms with Gasteiger partial charge in [-0.2, -0.15) is 0 Å². The van der Waals surface area contributed by atoms with Gasteiger partial charge in [0.1, 0.15) is 5.69 Å². The number of carbonyl (C=O) groups is 1. The fourth-order valence-corrected chi connectivity index (χ4v) is 3.99. The van der Waals surface area contributed by atoms with Crippen LogP contribution in [-0.2, 0) is 13.6 Å². The van der Waals surface area contributed by atoms with Crippen molar-refractivity contribution in [3.8, 4) is 0 Å². The van der Waals surface area contributed by atoms with Crippen LogP contribution in [0.1, 0.15) is 16.1 Å². The van der Waals surface area contributed by atoms with Gasteiger partial charge in [0.05, 0.1) is 5.69 Å². The number of aryl methyl sites for hydroxylation is 1. The highest BCUT2D eigenvalue weighted by Crippen LogP contribution is 2.36. The summed E-state index contributed by atoms with van der Waals surface area (Å²) in [4.78, 5) is 13.2. The van der Waals surface area contributed by atoms with Crippen molar-refractivity contribution in [1.82, 2.24) is 9.58 Å². The molecule has 4 rings (SSSR count). The minimum absolute atomic E-state index is 0.00514. The largest absolute Gasteiger partial charge is 0.339 e. The molecule has 1 aliphatic rings. The molecule has 1 aliphatic heterocycles. The third-order valence-electron chi connectivity index (χ3n) is 4.40. The molecule has 23 heavy (non-hydrogen) atoms. The highest BCUT2D eigenvalue weighted by Gasteiger charge is 2.34. The zero-order chi connectivity index (χ0) is 16.1. The number of benzene rings is 2. The quantitative estimate of drug-likeness (QED) is 0.649. The van der Waals surface area contributed by atoms with Crippen molar-refractivity contribution in [3.05, 3.63) is 64.3 Å². The van der Waals surface area contributed by atoms with Crippen LogP contribution in [0.5, 0.6) is 0 Å². The van der Waals surface area contributed by atoms with Gasteiger partial charge < -0.3 is 4.57 Å². The lowest BCUT2D eigenvalue weighted by Gasteiger charge is -2.36. The summed E-state index contributed by atoms with van der Waals surface area (Å²) in [6, 6.07) is 15.8. The Morgan fingerprint density at radius 1 is 1.00 bits per heavy atom. The van der Waals surface area contributed by atoms with Crippen LogP contribution in [0, 0.1) is 0 Å². The Balaban J connectivity index is 1.96. The Morgan fingerprint density at radius 3 is 2.48 bits per heavy atom. The minimum atomic E-state index is 0.00514. The fraction of sp³-hybridized carbons (Fsp3) is 0.167. The van der Waals surface area contributed by atoms with E-state index in [0.29, 0.717) is 6.54 Å². The van der Waals surface area contributed by atoms with E-state index >= 15 is 0 Å². The van der Waals surface area contributed by atoms with Gasteiger partial charge in [0.2, 0.25) is 0 Å². The summed E-state index contributed by atoms with van der Waals surface area (Å²) >= 11 is 3.63. The molecule has 0 radical (unpaired) electrons. The predicted molar refractivity (Wildman–Crippen MR) is 95.3 cm³/mol. The van der Waals surface area contributed by atoms with Gasteiger partial charge in [0.25, 0.3) is 5.91 Å². The number of aromatic nitrogens is 1. The predicted octanol–water partition coefficient (Wildman–Crippen LogP) is 3.95. The molecule has 2 aromatic carbocycles. The summed E-state index contributed by atoms with van der Waals surface area (Å²) in [7, 11) is 3.91. The van der Waals surface area contributed by atoms with Crippen LogP contribution in [0.25, 0.3) is 10.9 Å². The summed E-state index contributed by atoms with van der Waals surface area (Å²) in [6.07, 6.45) is 0. The molecule has 5 heteroatoms. The Hall–Kier alpha value is -2.11. The molecular weight excluding hydrogens is 354 g/mol. The lowest BCUT2D eigenvalue weighted by atomic mass is 10.1. The Bertz CT molecular complexity index is 917. The second kappa shape index (κ2) is 5.22. The topological polar surface area (TPSA) is 28.5 Å². The summed E-state index contributed by atoms with van der Waals surface area (Å²) in [5.74, 6) is 0.00514. The molecule has 0 atom stereocenters. The molecule has 1 amide bonds. The highest BCUT2D eigenvalue weighted by molar-refractivity contribution is 9.10. The Labute approximate surface area is 143 Å². The molecule has 0 unspecified atom stereocenters. The zero-order valence-electron chi connectivity index (χ0n) is 13.0. The van der Waals surface area contributed by atoms with Crippen LogP contribution in [-0.4, -0.2) is 22.5 Å². The van der Waals surface area contributed by atoms with E-state index in [9.17, 15) is 4.79 Å². The molecule has 0 fully saturated rings. The average Bonchev–Trinajstić information content (AvgIpc) is 2.82. The monoisotopic (exact) mass is 369 g/mol. The van der Waals surface area contributed by atoms with Crippen LogP contribution in [0.2, 0.25) is 0 Å². The minimum Gasteiger partial charge on any atom is -0.339 e. The second-order valence-electron chi connectivity index (χ2n) is 5.79. The molecule has 4 nitrogen and oxygen atoms in total. The van der Waals surface area contributed by atoms with E-state index in [1.54, 1.807) is 5.01 Å². The first-order valence-electron chi connectivity index (χ1n) is 7.46. The summed E-state index contributed by atoms with van der Waals surface area (Å²) in [5.41, 5.74) is 3.79.